The third-order valence-electron chi connectivity index (χ3n) is 6.01. The minimum Gasteiger partial charge on any atom is -0.341 e. The van der Waals surface area contributed by atoms with Crippen molar-refractivity contribution in [2.75, 3.05) is 25.5 Å². The van der Waals surface area contributed by atoms with E-state index in [4.69, 9.17) is 4.98 Å². The van der Waals surface area contributed by atoms with Crippen LogP contribution in [-0.2, 0) is 0 Å². The van der Waals surface area contributed by atoms with Gasteiger partial charge in [-0.2, -0.15) is 5.26 Å². The Kier molecular flexibility index (Phi) is 5.06. The molecule has 0 spiro atoms. The Hall–Kier alpha value is -2.84. The molecule has 1 saturated heterocycles. The van der Waals surface area contributed by atoms with Crippen LogP contribution in [0.1, 0.15) is 49.4 Å². The predicted molar refractivity (Wildman–Crippen MR) is 118 cm³/mol. The number of benzene rings is 1. The number of imidazole rings is 1. The quantitative estimate of drug-likeness (QED) is 0.646. The number of nitriles is 1. The molecule has 5 heteroatoms. The SMILES string of the molecule is Cc1c(-c2ccccc2)c(N2CCCC2N(C)C)n2cc(C(C)C)nc2c1C#N. The van der Waals surface area contributed by atoms with Crippen molar-refractivity contribution in [3.63, 3.8) is 0 Å². The van der Waals surface area contributed by atoms with Crippen molar-refractivity contribution in [1.29, 1.82) is 5.26 Å². The molecule has 1 aliphatic heterocycles. The Balaban J connectivity index is 2.12. The molecule has 5 nitrogen and oxygen atoms in total. The van der Waals surface area contributed by atoms with Crippen molar-refractivity contribution >= 4 is 11.5 Å². The van der Waals surface area contributed by atoms with E-state index < -0.39 is 0 Å². The van der Waals surface area contributed by atoms with Crippen LogP contribution in [0.15, 0.2) is 36.5 Å². The lowest BCUT2D eigenvalue weighted by molar-refractivity contribution is 0.300. The van der Waals surface area contributed by atoms with E-state index in [-0.39, 0.29) is 0 Å². The first-order valence-corrected chi connectivity index (χ1v) is 10.4. The largest absolute Gasteiger partial charge is 0.341 e. The standard InChI is InChI=1S/C24H29N5/c1-16(2)20-15-29-23(26-20)19(14-25)17(3)22(18-10-7-6-8-11-18)24(29)28-13-9-12-21(28)27(4)5/h6-8,10-11,15-16,21H,9,12-13H2,1-5H3. The van der Waals surface area contributed by atoms with Gasteiger partial charge in [-0.15, -0.1) is 0 Å². The van der Waals surface area contributed by atoms with E-state index in [9.17, 15) is 5.26 Å². The Morgan fingerprint density at radius 3 is 2.55 bits per heavy atom. The zero-order valence-electron chi connectivity index (χ0n) is 18.0. The molecule has 1 aromatic carbocycles. The molecule has 0 saturated carbocycles. The van der Waals surface area contributed by atoms with Gasteiger partial charge in [-0.05, 0) is 50.9 Å². The normalized spacial score (nSPS) is 16.9. The summed E-state index contributed by atoms with van der Waals surface area (Å²) in [7, 11) is 4.29. The molecular weight excluding hydrogens is 358 g/mol. The molecular formula is C24H29N5. The Morgan fingerprint density at radius 1 is 1.21 bits per heavy atom. The summed E-state index contributed by atoms with van der Waals surface area (Å²) >= 11 is 0. The summed E-state index contributed by atoms with van der Waals surface area (Å²) in [5.74, 6) is 1.45. The number of hydrogen-bond donors (Lipinski definition) is 0. The second-order valence-electron chi connectivity index (χ2n) is 8.47. The van der Waals surface area contributed by atoms with Gasteiger partial charge in [0.25, 0.3) is 0 Å². The minimum absolute atomic E-state index is 0.304. The number of fused-ring (bicyclic) bond motifs is 1. The summed E-state index contributed by atoms with van der Waals surface area (Å²) in [6, 6.07) is 12.9. The second-order valence-corrected chi connectivity index (χ2v) is 8.47. The van der Waals surface area contributed by atoms with Gasteiger partial charge >= 0.3 is 0 Å². The highest BCUT2D eigenvalue weighted by atomic mass is 15.4. The van der Waals surface area contributed by atoms with Gasteiger partial charge in [0, 0.05) is 18.3 Å². The van der Waals surface area contributed by atoms with Gasteiger partial charge < -0.3 is 4.90 Å². The fourth-order valence-corrected chi connectivity index (χ4v) is 4.49. The van der Waals surface area contributed by atoms with Gasteiger partial charge in [-0.1, -0.05) is 44.2 Å². The monoisotopic (exact) mass is 387 g/mol. The first kappa shape index (κ1) is 19.5. The average Bonchev–Trinajstić information content (AvgIpc) is 3.35. The molecule has 0 aliphatic carbocycles. The molecule has 4 rings (SSSR count). The van der Waals surface area contributed by atoms with Crippen LogP contribution >= 0.6 is 0 Å². The molecule has 1 unspecified atom stereocenters. The zero-order valence-corrected chi connectivity index (χ0v) is 18.0. The Morgan fingerprint density at radius 2 is 1.93 bits per heavy atom. The molecule has 3 heterocycles. The van der Waals surface area contributed by atoms with Gasteiger partial charge in [0.2, 0.25) is 0 Å². The van der Waals surface area contributed by atoms with Crippen LogP contribution in [0.25, 0.3) is 16.8 Å². The van der Waals surface area contributed by atoms with Crippen molar-refractivity contribution in [3.05, 3.63) is 53.3 Å². The number of aromatic nitrogens is 2. The van der Waals surface area contributed by atoms with Crippen LogP contribution < -0.4 is 4.90 Å². The zero-order chi connectivity index (χ0) is 20.7. The molecule has 2 aromatic heterocycles. The lowest BCUT2D eigenvalue weighted by Gasteiger charge is -2.34. The van der Waals surface area contributed by atoms with Crippen molar-refractivity contribution in [3.8, 4) is 17.2 Å². The van der Waals surface area contributed by atoms with E-state index in [0.29, 0.717) is 17.6 Å². The second kappa shape index (κ2) is 7.53. The van der Waals surface area contributed by atoms with E-state index in [1.807, 2.05) is 6.07 Å². The first-order chi connectivity index (χ1) is 13.9. The molecule has 0 bridgehead atoms. The van der Waals surface area contributed by atoms with Crippen LogP contribution in [0, 0.1) is 18.3 Å². The average molecular weight is 388 g/mol. The molecule has 29 heavy (non-hydrogen) atoms. The molecule has 1 fully saturated rings. The molecule has 1 aliphatic rings. The van der Waals surface area contributed by atoms with Crippen molar-refractivity contribution < 1.29 is 0 Å². The fourth-order valence-electron chi connectivity index (χ4n) is 4.49. The summed E-state index contributed by atoms with van der Waals surface area (Å²) in [6.07, 6.45) is 4.75. The first-order valence-electron chi connectivity index (χ1n) is 10.4. The van der Waals surface area contributed by atoms with Crippen LogP contribution in [0.5, 0.6) is 0 Å². The van der Waals surface area contributed by atoms with Crippen LogP contribution in [0.2, 0.25) is 0 Å². The van der Waals surface area contributed by atoms with Gasteiger partial charge in [0.05, 0.1) is 17.4 Å². The van der Waals surface area contributed by atoms with Gasteiger partial charge in [-0.3, -0.25) is 9.30 Å². The highest BCUT2D eigenvalue weighted by Gasteiger charge is 2.32. The van der Waals surface area contributed by atoms with Gasteiger partial charge in [-0.25, -0.2) is 4.98 Å². The summed E-state index contributed by atoms with van der Waals surface area (Å²) in [5.41, 5.74) is 5.74. The third kappa shape index (κ3) is 3.18. The van der Waals surface area contributed by atoms with E-state index in [0.717, 1.165) is 53.2 Å². The smallest absolute Gasteiger partial charge is 0.156 e. The number of rotatable bonds is 4. The maximum Gasteiger partial charge on any atom is 0.156 e. The van der Waals surface area contributed by atoms with E-state index >= 15 is 0 Å². The van der Waals surface area contributed by atoms with E-state index in [1.165, 1.54) is 0 Å². The number of pyridine rings is 1. The maximum atomic E-state index is 10.0. The van der Waals surface area contributed by atoms with Crippen molar-refractivity contribution in [1.82, 2.24) is 14.3 Å². The summed E-state index contributed by atoms with van der Waals surface area (Å²) < 4.78 is 2.17. The molecule has 3 aromatic rings. The van der Waals surface area contributed by atoms with Crippen molar-refractivity contribution in [2.45, 2.75) is 45.7 Å². The molecule has 0 amide bonds. The maximum absolute atomic E-state index is 10.0. The van der Waals surface area contributed by atoms with Gasteiger partial charge in [0.1, 0.15) is 11.9 Å². The third-order valence-corrected chi connectivity index (χ3v) is 6.01. The lowest BCUT2D eigenvalue weighted by atomic mass is 9.97. The highest BCUT2D eigenvalue weighted by Crippen LogP contribution is 2.41. The fraction of sp³-hybridized carbons (Fsp3) is 0.417. The Bertz CT molecular complexity index is 1070. The minimum atomic E-state index is 0.304. The highest BCUT2D eigenvalue weighted by molar-refractivity contribution is 5.85. The molecule has 0 radical (unpaired) electrons. The van der Waals surface area contributed by atoms with Crippen molar-refractivity contribution in [2.24, 2.45) is 0 Å². The molecule has 0 N–H and O–H groups in total. The predicted octanol–water partition coefficient (Wildman–Crippen LogP) is 4.79. The summed E-state index contributed by atoms with van der Waals surface area (Å²) in [4.78, 5) is 9.67. The number of nitrogens with zero attached hydrogens (tertiary/aromatic N) is 5. The molecule has 1 atom stereocenters. The van der Waals surface area contributed by atoms with Gasteiger partial charge in [0.15, 0.2) is 5.65 Å². The van der Waals surface area contributed by atoms with Crippen LogP contribution in [0.3, 0.4) is 0 Å². The lowest BCUT2D eigenvalue weighted by Crippen LogP contribution is -2.41. The number of hydrogen-bond acceptors (Lipinski definition) is 4. The summed E-state index contributed by atoms with van der Waals surface area (Å²) in [5, 5.41) is 10.0. The van der Waals surface area contributed by atoms with E-state index in [2.05, 4.69) is 85.6 Å². The van der Waals surface area contributed by atoms with E-state index in [1.54, 1.807) is 0 Å². The molecule has 150 valence electrons. The van der Waals surface area contributed by atoms with Crippen LogP contribution in [-0.4, -0.2) is 41.1 Å². The topological polar surface area (TPSA) is 47.6 Å². The summed E-state index contributed by atoms with van der Waals surface area (Å²) in [6.45, 7) is 7.36. The van der Waals surface area contributed by atoms with Crippen LogP contribution in [0.4, 0.5) is 5.82 Å². The number of anilines is 1. The Labute approximate surface area is 173 Å².